The van der Waals surface area contributed by atoms with Gasteiger partial charge >= 0.3 is 0 Å². The van der Waals surface area contributed by atoms with Crippen LogP contribution in [0.2, 0.25) is 15.1 Å². The Morgan fingerprint density at radius 1 is 1.10 bits per heavy atom. The smallest absolute Gasteiger partial charge is 0.124 e. The molecule has 0 fully saturated rings. The van der Waals surface area contributed by atoms with Crippen LogP contribution in [0.4, 0.5) is 5.69 Å². The van der Waals surface area contributed by atoms with Crippen molar-refractivity contribution in [1.82, 2.24) is 0 Å². The number of hydrazone groups is 1. The molecule has 0 atom stereocenters. The van der Waals surface area contributed by atoms with E-state index in [1.807, 2.05) is 6.07 Å². The van der Waals surface area contributed by atoms with Gasteiger partial charge in [-0.25, -0.2) is 0 Å². The van der Waals surface area contributed by atoms with E-state index >= 15 is 0 Å². The van der Waals surface area contributed by atoms with Crippen molar-refractivity contribution >= 4 is 46.2 Å². The summed E-state index contributed by atoms with van der Waals surface area (Å²) < 4.78 is 0. The normalized spacial score (nSPS) is 11.5. The molecule has 20 heavy (non-hydrogen) atoms. The van der Waals surface area contributed by atoms with Crippen molar-refractivity contribution in [3.8, 4) is 5.75 Å². The molecule has 3 nitrogen and oxygen atoms in total. The van der Waals surface area contributed by atoms with Crippen LogP contribution in [0.15, 0.2) is 41.5 Å². The van der Waals surface area contributed by atoms with E-state index in [1.165, 1.54) is 0 Å². The third kappa shape index (κ3) is 3.37. The summed E-state index contributed by atoms with van der Waals surface area (Å²) in [6.07, 6.45) is 0. The van der Waals surface area contributed by atoms with Crippen LogP contribution in [0.3, 0.4) is 0 Å². The minimum atomic E-state index is 0.156. The molecule has 0 saturated carbocycles. The Morgan fingerprint density at radius 3 is 2.30 bits per heavy atom. The van der Waals surface area contributed by atoms with Crippen LogP contribution in [0.25, 0.3) is 0 Å². The van der Waals surface area contributed by atoms with Gasteiger partial charge in [0.15, 0.2) is 0 Å². The molecule has 2 rings (SSSR count). The molecule has 0 aliphatic rings. The lowest BCUT2D eigenvalue weighted by atomic mass is 10.1. The lowest BCUT2D eigenvalue weighted by molar-refractivity contribution is 0.474. The van der Waals surface area contributed by atoms with Gasteiger partial charge in [0.05, 0.1) is 21.4 Å². The lowest BCUT2D eigenvalue weighted by Gasteiger charge is -2.09. The number of nitrogens with one attached hydrogen (secondary N) is 1. The maximum absolute atomic E-state index is 9.75. The van der Waals surface area contributed by atoms with Crippen molar-refractivity contribution in [2.45, 2.75) is 6.92 Å². The number of aromatic hydroxyl groups is 1. The maximum atomic E-state index is 9.75. The minimum absolute atomic E-state index is 0.156. The second-order valence-corrected chi connectivity index (χ2v) is 5.32. The quantitative estimate of drug-likeness (QED) is 0.601. The zero-order chi connectivity index (χ0) is 14.7. The van der Waals surface area contributed by atoms with Crippen LogP contribution in [0, 0.1) is 0 Å². The number of benzene rings is 2. The Bertz CT molecular complexity index is 648. The van der Waals surface area contributed by atoms with Crippen molar-refractivity contribution in [2.75, 3.05) is 5.43 Å². The summed E-state index contributed by atoms with van der Waals surface area (Å²) in [6.45, 7) is 1.76. The summed E-state index contributed by atoms with van der Waals surface area (Å²) in [7, 11) is 0. The average molecular weight is 330 g/mol. The summed E-state index contributed by atoms with van der Waals surface area (Å²) in [5, 5.41) is 15.1. The van der Waals surface area contributed by atoms with Crippen LogP contribution in [-0.4, -0.2) is 10.8 Å². The number of nitrogens with zero attached hydrogens (tertiary/aromatic N) is 1. The van der Waals surface area contributed by atoms with Gasteiger partial charge in [-0.05, 0) is 31.2 Å². The van der Waals surface area contributed by atoms with Crippen LogP contribution >= 0.6 is 34.8 Å². The summed E-state index contributed by atoms with van der Waals surface area (Å²) in [5.74, 6) is 0.156. The van der Waals surface area contributed by atoms with E-state index in [-0.39, 0.29) is 5.75 Å². The predicted molar refractivity (Wildman–Crippen MR) is 85.4 cm³/mol. The van der Waals surface area contributed by atoms with E-state index in [1.54, 1.807) is 37.3 Å². The molecule has 2 aromatic rings. The van der Waals surface area contributed by atoms with Crippen molar-refractivity contribution in [3.05, 3.63) is 57.0 Å². The van der Waals surface area contributed by atoms with Gasteiger partial charge in [-0.3, -0.25) is 5.43 Å². The summed E-state index contributed by atoms with van der Waals surface area (Å²) in [4.78, 5) is 0. The van der Waals surface area contributed by atoms with Crippen molar-refractivity contribution in [1.29, 1.82) is 0 Å². The van der Waals surface area contributed by atoms with E-state index in [2.05, 4.69) is 10.5 Å². The fourth-order valence-electron chi connectivity index (χ4n) is 1.63. The van der Waals surface area contributed by atoms with Gasteiger partial charge < -0.3 is 5.11 Å². The average Bonchev–Trinajstić information content (AvgIpc) is 2.37. The molecular formula is C14H11Cl3N2O. The van der Waals surface area contributed by atoms with Crippen LogP contribution in [0.5, 0.6) is 5.75 Å². The van der Waals surface area contributed by atoms with E-state index in [0.29, 0.717) is 32.0 Å². The molecule has 0 radical (unpaired) electrons. The highest BCUT2D eigenvalue weighted by atomic mass is 35.5. The highest BCUT2D eigenvalue weighted by Crippen LogP contribution is 2.33. The molecule has 0 bridgehead atoms. The molecule has 0 spiro atoms. The van der Waals surface area contributed by atoms with Gasteiger partial charge in [0.25, 0.3) is 0 Å². The molecule has 0 saturated heterocycles. The van der Waals surface area contributed by atoms with Crippen LogP contribution < -0.4 is 5.43 Å². The second-order valence-electron chi connectivity index (χ2n) is 4.07. The zero-order valence-electron chi connectivity index (χ0n) is 10.5. The number of anilines is 1. The molecule has 2 N–H and O–H groups in total. The van der Waals surface area contributed by atoms with Crippen LogP contribution in [-0.2, 0) is 0 Å². The van der Waals surface area contributed by atoms with Crippen molar-refractivity contribution in [3.63, 3.8) is 0 Å². The molecule has 0 aliphatic heterocycles. The Labute approximate surface area is 131 Å². The molecular weight excluding hydrogens is 319 g/mol. The number of para-hydroxylation sites is 1. The van der Waals surface area contributed by atoms with Gasteiger partial charge in [0.1, 0.15) is 5.75 Å². The topological polar surface area (TPSA) is 44.6 Å². The second kappa shape index (κ2) is 6.35. The van der Waals surface area contributed by atoms with Gasteiger partial charge in [-0.1, -0.05) is 46.9 Å². The Balaban J connectivity index is 2.28. The highest BCUT2D eigenvalue weighted by Gasteiger charge is 2.08. The maximum Gasteiger partial charge on any atom is 0.124 e. The van der Waals surface area contributed by atoms with E-state index in [9.17, 15) is 5.11 Å². The first-order valence-corrected chi connectivity index (χ1v) is 6.85. The first kappa shape index (κ1) is 15.0. The van der Waals surface area contributed by atoms with E-state index < -0.39 is 0 Å². The monoisotopic (exact) mass is 328 g/mol. The summed E-state index contributed by atoms with van der Waals surface area (Å²) in [5.41, 5.74) is 4.48. The first-order valence-electron chi connectivity index (χ1n) is 5.72. The SMILES string of the molecule is CC(=NNc1c(Cl)cc(Cl)cc1Cl)c1ccccc1O. The standard InChI is InChI=1S/C14H11Cl3N2O/c1-8(10-4-2-3-5-13(10)20)18-19-14-11(16)6-9(15)7-12(14)17/h2-7,19-20H,1H3. The van der Waals surface area contributed by atoms with E-state index in [4.69, 9.17) is 34.8 Å². The van der Waals surface area contributed by atoms with Gasteiger partial charge in [-0.15, -0.1) is 0 Å². The molecule has 0 amide bonds. The van der Waals surface area contributed by atoms with Gasteiger partial charge in [0, 0.05) is 10.6 Å². The zero-order valence-corrected chi connectivity index (χ0v) is 12.8. The number of hydrogen-bond donors (Lipinski definition) is 2. The van der Waals surface area contributed by atoms with Gasteiger partial charge in [-0.2, -0.15) is 5.10 Å². The molecule has 0 aromatic heterocycles. The van der Waals surface area contributed by atoms with Crippen molar-refractivity contribution < 1.29 is 5.11 Å². The number of rotatable bonds is 3. The van der Waals surface area contributed by atoms with Gasteiger partial charge in [0.2, 0.25) is 0 Å². The molecule has 104 valence electrons. The fourth-order valence-corrected chi connectivity index (χ4v) is 2.53. The first-order chi connectivity index (χ1) is 9.49. The predicted octanol–water partition coefficient (Wildman–Crippen LogP) is 5.19. The number of phenolic OH excluding ortho intramolecular Hbond substituents is 1. The highest BCUT2D eigenvalue weighted by molar-refractivity contribution is 6.41. The largest absolute Gasteiger partial charge is 0.507 e. The number of phenols is 1. The minimum Gasteiger partial charge on any atom is -0.507 e. The molecule has 2 aromatic carbocycles. The van der Waals surface area contributed by atoms with Crippen molar-refractivity contribution in [2.24, 2.45) is 5.10 Å². The Morgan fingerprint density at radius 2 is 1.70 bits per heavy atom. The van der Waals surface area contributed by atoms with Crippen LogP contribution in [0.1, 0.15) is 12.5 Å². The molecule has 0 unspecified atom stereocenters. The number of hydrogen-bond acceptors (Lipinski definition) is 3. The summed E-state index contributed by atoms with van der Waals surface area (Å²) >= 11 is 17.9. The Hall–Kier alpha value is -1.42. The van der Waals surface area contributed by atoms with E-state index in [0.717, 1.165) is 0 Å². The number of halogens is 3. The fraction of sp³-hybridized carbons (Fsp3) is 0.0714. The lowest BCUT2D eigenvalue weighted by Crippen LogP contribution is -2.00. The third-order valence-electron chi connectivity index (χ3n) is 2.64. The molecule has 6 heteroatoms. The third-order valence-corrected chi connectivity index (χ3v) is 3.45. The Kier molecular flexibility index (Phi) is 4.76. The molecule has 0 heterocycles. The molecule has 0 aliphatic carbocycles. The summed E-state index contributed by atoms with van der Waals surface area (Å²) in [6, 6.07) is 10.1.